The molecule has 0 aliphatic rings. The van der Waals surface area contributed by atoms with Crippen LogP contribution in [0.5, 0.6) is 0 Å². The van der Waals surface area contributed by atoms with Crippen LogP contribution in [-0.2, 0) is 6.18 Å². The Bertz CT molecular complexity index is 1380. The van der Waals surface area contributed by atoms with Crippen molar-refractivity contribution < 1.29 is 13.2 Å². The average molecular weight is 508 g/mol. The molecule has 5 aromatic rings. The molecule has 8 heteroatoms. The second kappa shape index (κ2) is 7.08. The van der Waals surface area contributed by atoms with E-state index in [0.717, 1.165) is 21.1 Å². The molecular formula is C22H12F3N4Sn. The minimum absolute atomic E-state index is 0.127. The van der Waals surface area contributed by atoms with Crippen LogP contribution in [0.15, 0.2) is 72.8 Å². The maximum absolute atomic E-state index is 13.5. The van der Waals surface area contributed by atoms with Gasteiger partial charge in [0.15, 0.2) is 0 Å². The van der Waals surface area contributed by atoms with E-state index in [1.807, 2.05) is 54.6 Å². The minimum atomic E-state index is -4.63. The summed E-state index contributed by atoms with van der Waals surface area (Å²) in [5.41, 5.74) is 4.11. The molecule has 0 bridgehead atoms. The summed E-state index contributed by atoms with van der Waals surface area (Å²) in [5, 5.41) is 7.07. The summed E-state index contributed by atoms with van der Waals surface area (Å²) in [5.74, 6) is -1.06. The third-order valence-electron chi connectivity index (χ3n) is 4.85. The van der Waals surface area contributed by atoms with E-state index in [9.17, 15) is 13.2 Å². The first-order valence-corrected chi connectivity index (χ1v) is 10.5. The zero-order valence-electron chi connectivity index (χ0n) is 15.4. The van der Waals surface area contributed by atoms with Crippen LogP contribution in [0.3, 0.4) is 0 Å². The summed E-state index contributed by atoms with van der Waals surface area (Å²) in [7, 11) is 0. The Morgan fingerprint density at radius 1 is 0.800 bits per heavy atom. The number of hydrogen-bond acceptors (Lipinski definition) is 3. The zero-order chi connectivity index (χ0) is 20.9. The van der Waals surface area contributed by atoms with Crippen LogP contribution in [0.25, 0.3) is 39.1 Å². The normalized spacial score (nSPS) is 12.0. The molecule has 0 spiro atoms. The van der Waals surface area contributed by atoms with Crippen molar-refractivity contribution in [1.29, 1.82) is 0 Å². The number of rotatable bonds is 2. The van der Waals surface area contributed by atoms with Crippen LogP contribution in [0.2, 0.25) is 0 Å². The van der Waals surface area contributed by atoms with Crippen molar-refractivity contribution in [1.82, 2.24) is 19.6 Å². The number of halogens is 3. The van der Waals surface area contributed by atoms with Crippen molar-refractivity contribution in [2.24, 2.45) is 0 Å². The second-order valence-corrected chi connectivity index (χ2v) is 8.43. The number of fused-ring (bicyclic) bond motifs is 3. The van der Waals surface area contributed by atoms with E-state index in [0.29, 0.717) is 16.7 Å². The van der Waals surface area contributed by atoms with E-state index >= 15 is 0 Å². The molecule has 5 rings (SSSR count). The summed E-state index contributed by atoms with van der Waals surface area (Å²) in [6, 6.07) is 22.5. The van der Waals surface area contributed by atoms with Gasteiger partial charge in [0.05, 0.1) is 0 Å². The first-order chi connectivity index (χ1) is 14.4. The van der Waals surface area contributed by atoms with Crippen molar-refractivity contribution in [2.75, 3.05) is 0 Å². The fourth-order valence-electron chi connectivity index (χ4n) is 3.48. The number of pyridine rings is 2. The van der Waals surface area contributed by atoms with Gasteiger partial charge >= 0.3 is 183 Å². The molecule has 0 unspecified atom stereocenters. The molecule has 0 amide bonds. The van der Waals surface area contributed by atoms with Gasteiger partial charge in [-0.05, 0) is 0 Å². The van der Waals surface area contributed by atoms with Crippen molar-refractivity contribution in [2.45, 2.75) is 6.18 Å². The van der Waals surface area contributed by atoms with Gasteiger partial charge < -0.3 is 0 Å². The van der Waals surface area contributed by atoms with Crippen molar-refractivity contribution in [3.05, 3.63) is 78.6 Å². The van der Waals surface area contributed by atoms with Crippen molar-refractivity contribution >= 4 is 42.8 Å². The summed E-state index contributed by atoms with van der Waals surface area (Å²) in [6.07, 6.45) is -4.63. The van der Waals surface area contributed by atoms with E-state index in [1.54, 1.807) is 12.1 Å². The molecule has 0 N–H and O–H groups in total. The number of hydrogen-bond donors (Lipinski definition) is 0. The predicted octanol–water partition coefficient (Wildman–Crippen LogP) is 4.42. The van der Waals surface area contributed by atoms with Gasteiger partial charge in [0.1, 0.15) is 0 Å². The quantitative estimate of drug-likeness (QED) is 0.332. The fourth-order valence-corrected chi connectivity index (χ4v) is 3.96. The molecule has 145 valence electrons. The van der Waals surface area contributed by atoms with Crippen LogP contribution in [0, 0.1) is 0 Å². The van der Waals surface area contributed by atoms with Crippen molar-refractivity contribution in [3.63, 3.8) is 0 Å². The molecule has 0 atom stereocenters. The Labute approximate surface area is 182 Å². The van der Waals surface area contributed by atoms with Crippen LogP contribution in [0.1, 0.15) is 5.82 Å². The topological polar surface area (TPSA) is 43.1 Å². The van der Waals surface area contributed by atoms with E-state index < -0.39 is 12.0 Å². The second-order valence-electron chi connectivity index (χ2n) is 6.78. The number of alkyl halides is 3. The molecule has 3 aromatic heterocycles. The molecule has 4 nitrogen and oxygen atoms in total. The van der Waals surface area contributed by atoms with Crippen LogP contribution in [-0.4, -0.2) is 42.1 Å². The van der Waals surface area contributed by atoms with Crippen LogP contribution in [0.4, 0.5) is 13.2 Å². The molecule has 0 fully saturated rings. The van der Waals surface area contributed by atoms with Gasteiger partial charge in [-0.15, -0.1) is 0 Å². The van der Waals surface area contributed by atoms with Gasteiger partial charge in [-0.3, -0.25) is 0 Å². The Balaban J connectivity index is 1.88. The Hall–Kier alpha value is -2.94. The number of nitrogens with zero attached hydrogens (tertiary/aromatic N) is 4. The number of aromatic nitrogens is 4. The van der Waals surface area contributed by atoms with Gasteiger partial charge in [0, 0.05) is 0 Å². The molecule has 3 radical (unpaired) electrons. The monoisotopic (exact) mass is 509 g/mol. The van der Waals surface area contributed by atoms with Crippen molar-refractivity contribution in [3.8, 4) is 22.4 Å². The summed E-state index contributed by atoms with van der Waals surface area (Å²) < 4.78 is 42.9. The molecule has 0 aliphatic heterocycles. The third kappa shape index (κ3) is 3.23. The maximum atomic E-state index is 13.5. The third-order valence-corrected chi connectivity index (χ3v) is 5.80. The first-order valence-electron chi connectivity index (χ1n) is 9.05. The summed E-state index contributed by atoms with van der Waals surface area (Å²) in [6.45, 7) is 0. The zero-order valence-corrected chi connectivity index (χ0v) is 18.2. The van der Waals surface area contributed by atoms with Gasteiger partial charge in [-0.2, -0.15) is 0 Å². The van der Waals surface area contributed by atoms with E-state index in [-0.39, 0.29) is 5.65 Å². The van der Waals surface area contributed by atoms with E-state index in [4.69, 9.17) is 4.98 Å². The molecule has 3 heterocycles. The molecule has 2 aromatic carbocycles. The Morgan fingerprint density at radius 3 is 2.23 bits per heavy atom. The Kier molecular flexibility index (Phi) is 4.50. The SMILES string of the molecule is FC(F)(F)c1nnc2ccc3nc(-c4cc[c]([Sn])cc4)c(-c4ccccc4)cc3n12. The standard InChI is InChI=1S/C22H12F3N4.Sn/c23-22(24,25)21-28-27-19-12-11-17-18(29(19)21)13-16(14-7-3-1-4-8-14)20(26-17)15-9-5-2-6-10-15;/h1,3-13H;. The Morgan fingerprint density at radius 2 is 1.53 bits per heavy atom. The molecule has 0 saturated carbocycles. The van der Waals surface area contributed by atoms with Gasteiger partial charge in [-0.1, -0.05) is 0 Å². The summed E-state index contributed by atoms with van der Waals surface area (Å²) in [4.78, 5) is 4.77. The first kappa shape index (κ1) is 19.0. The van der Waals surface area contributed by atoms with Crippen LogP contribution >= 0.6 is 0 Å². The van der Waals surface area contributed by atoms with Gasteiger partial charge in [0.25, 0.3) is 0 Å². The van der Waals surface area contributed by atoms with Gasteiger partial charge in [-0.25, -0.2) is 0 Å². The predicted molar refractivity (Wildman–Crippen MR) is 110 cm³/mol. The average Bonchev–Trinajstić information content (AvgIpc) is 3.19. The molecule has 30 heavy (non-hydrogen) atoms. The summed E-state index contributed by atoms with van der Waals surface area (Å²) >= 11 is 1.31. The molecular weight excluding hydrogens is 496 g/mol. The van der Waals surface area contributed by atoms with E-state index in [2.05, 4.69) is 10.2 Å². The van der Waals surface area contributed by atoms with E-state index in [1.165, 1.54) is 32.2 Å². The molecule has 0 saturated heterocycles. The number of benzene rings is 2. The van der Waals surface area contributed by atoms with Crippen LogP contribution < -0.4 is 3.58 Å². The fraction of sp³-hybridized carbons (Fsp3) is 0.0455. The van der Waals surface area contributed by atoms with Gasteiger partial charge in [0.2, 0.25) is 0 Å². The molecule has 0 aliphatic carbocycles.